The molecule has 0 aromatic carbocycles. The molecule has 0 fully saturated rings. The van der Waals surface area contributed by atoms with Gasteiger partial charge in [0.2, 0.25) is 0 Å². The summed E-state index contributed by atoms with van der Waals surface area (Å²) in [5.41, 5.74) is 0. The number of rotatable bonds is 7. The van der Waals surface area contributed by atoms with Crippen LogP contribution in [-0.2, 0) is 4.74 Å². The van der Waals surface area contributed by atoms with Crippen molar-refractivity contribution in [2.24, 2.45) is 0 Å². The topological polar surface area (TPSA) is 26.3 Å². The lowest BCUT2D eigenvalue weighted by molar-refractivity contribution is 0.0757. The van der Waals surface area contributed by atoms with E-state index < -0.39 is 0 Å². The predicted molar refractivity (Wildman–Crippen MR) is 59.0 cm³/mol. The smallest absolute Gasteiger partial charge is 0.198 e. The van der Waals surface area contributed by atoms with Gasteiger partial charge in [-0.2, -0.15) is 0 Å². The van der Waals surface area contributed by atoms with Crippen LogP contribution in [0.1, 0.15) is 35.9 Å². The van der Waals surface area contributed by atoms with Crippen LogP contribution in [-0.4, -0.2) is 19.0 Å². The van der Waals surface area contributed by atoms with Crippen molar-refractivity contribution in [1.29, 1.82) is 0 Å². The molecule has 1 aromatic heterocycles. The van der Waals surface area contributed by atoms with Crippen LogP contribution < -0.4 is 0 Å². The van der Waals surface area contributed by atoms with Crippen LogP contribution in [0, 0.1) is 0 Å². The Morgan fingerprint density at radius 1 is 1.50 bits per heavy atom. The Morgan fingerprint density at radius 3 is 3.00 bits per heavy atom. The van der Waals surface area contributed by atoms with E-state index >= 15 is 0 Å². The molecule has 0 aliphatic rings. The number of carbonyl (C=O) groups is 1. The Balaban J connectivity index is 2.10. The molecule has 0 bridgehead atoms. The minimum Gasteiger partial charge on any atom is -0.373 e. The van der Waals surface area contributed by atoms with Crippen molar-refractivity contribution in [3.8, 4) is 0 Å². The minimum atomic E-state index is 0.0940. The highest BCUT2D eigenvalue weighted by Crippen LogP contribution is 2.09. The molecule has 14 heavy (non-hydrogen) atoms. The minimum absolute atomic E-state index is 0.0940. The lowest BCUT2D eigenvalue weighted by Crippen LogP contribution is -2.08. The summed E-state index contributed by atoms with van der Waals surface area (Å²) in [6, 6.07) is 3.72. The largest absolute Gasteiger partial charge is 0.373 e. The SMILES string of the molecule is CCCCCOCC(=O)c1cccs1. The van der Waals surface area contributed by atoms with Gasteiger partial charge in [0.25, 0.3) is 0 Å². The number of ether oxygens (including phenoxy) is 1. The van der Waals surface area contributed by atoms with E-state index in [9.17, 15) is 4.79 Å². The Bertz CT molecular complexity index is 254. The summed E-state index contributed by atoms with van der Waals surface area (Å²) in [6.45, 7) is 3.08. The summed E-state index contributed by atoms with van der Waals surface area (Å²) < 4.78 is 5.28. The summed E-state index contributed by atoms with van der Waals surface area (Å²) in [4.78, 5) is 12.2. The number of ketones is 1. The van der Waals surface area contributed by atoms with Crippen LogP contribution in [0.15, 0.2) is 17.5 Å². The zero-order chi connectivity index (χ0) is 10.2. The van der Waals surface area contributed by atoms with Crippen molar-refractivity contribution in [1.82, 2.24) is 0 Å². The summed E-state index contributed by atoms with van der Waals surface area (Å²) in [7, 11) is 0. The molecular weight excluding hydrogens is 196 g/mol. The third kappa shape index (κ3) is 4.03. The summed E-state index contributed by atoms with van der Waals surface area (Å²) in [5, 5.41) is 1.91. The summed E-state index contributed by atoms with van der Waals surface area (Å²) >= 11 is 1.47. The number of thiophene rings is 1. The van der Waals surface area contributed by atoms with Gasteiger partial charge in [-0.15, -0.1) is 11.3 Å². The molecule has 0 saturated carbocycles. The average Bonchev–Trinajstić information content (AvgIpc) is 2.70. The van der Waals surface area contributed by atoms with Crippen molar-refractivity contribution >= 4 is 17.1 Å². The third-order valence-corrected chi connectivity index (χ3v) is 2.83. The van der Waals surface area contributed by atoms with E-state index in [1.54, 1.807) is 0 Å². The van der Waals surface area contributed by atoms with Crippen molar-refractivity contribution in [2.45, 2.75) is 26.2 Å². The van der Waals surface area contributed by atoms with Crippen LogP contribution in [0.4, 0.5) is 0 Å². The highest BCUT2D eigenvalue weighted by Gasteiger charge is 2.05. The first-order valence-electron chi connectivity index (χ1n) is 4.99. The highest BCUT2D eigenvalue weighted by atomic mass is 32.1. The first kappa shape index (κ1) is 11.4. The lowest BCUT2D eigenvalue weighted by atomic mass is 10.3. The molecule has 0 aliphatic carbocycles. The van der Waals surface area contributed by atoms with Crippen molar-refractivity contribution < 1.29 is 9.53 Å². The highest BCUT2D eigenvalue weighted by molar-refractivity contribution is 7.12. The monoisotopic (exact) mass is 212 g/mol. The van der Waals surface area contributed by atoms with Crippen LogP contribution >= 0.6 is 11.3 Å². The molecule has 1 heterocycles. The standard InChI is InChI=1S/C11H16O2S/c1-2-3-4-7-13-9-10(12)11-6-5-8-14-11/h5-6,8H,2-4,7,9H2,1H3. The van der Waals surface area contributed by atoms with Crippen molar-refractivity contribution in [3.63, 3.8) is 0 Å². The molecule has 0 unspecified atom stereocenters. The van der Waals surface area contributed by atoms with Gasteiger partial charge in [-0.25, -0.2) is 0 Å². The Kier molecular flexibility index (Phi) is 5.49. The normalized spacial score (nSPS) is 10.4. The second-order valence-electron chi connectivity index (χ2n) is 3.16. The van der Waals surface area contributed by atoms with E-state index in [0.717, 1.165) is 11.3 Å². The van der Waals surface area contributed by atoms with E-state index in [1.165, 1.54) is 24.2 Å². The number of hydrogen-bond acceptors (Lipinski definition) is 3. The molecule has 0 spiro atoms. The van der Waals surface area contributed by atoms with E-state index in [4.69, 9.17) is 4.74 Å². The molecule has 2 nitrogen and oxygen atoms in total. The van der Waals surface area contributed by atoms with Crippen LogP contribution in [0.25, 0.3) is 0 Å². The summed E-state index contributed by atoms with van der Waals surface area (Å²) in [5.74, 6) is 0.0940. The molecule has 1 aromatic rings. The second-order valence-corrected chi connectivity index (χ2v) is 4.11. The predicted octanol–water partition coefficient (Wildman–Crippen LogP) is 3.14. The van der Waals surface area contributed by atoms with Gasteiger partial charge in [0.05, 0.1) is 4.88 Å². The van der Waals surface area contributed by atoms with Crippen LogP contribution in [0.2, 0.25) is 0 Å². The number of carbonyl (C=O) groups excluding carboxylic acids is 1. The van der Waals surface area contributed by atoms with E-state index in [2.05, 4.69) is 6.92 Å². The Labute approximate surface area is 88.9 Å². The maximum atomic E-state index is 11.4. The van der Waals surface area contributed by atoms with Crippen LogP contribution in [0.5, 0.6) is 0 Å². The van der Waals surface area contributed by atoms with E-state index in [0.29, 0.717) is 6.61 Å². The third-order valence-electron chi connectivity index (χ3n) is 1.92. The van der Waals surface area contributed by atoms with E-state index in [1.807, 2.05) is 17.5 Å². The van der Waals surface area contributed by atoms with Gasteiger partial charge in [-0.05, 0) is 17.9 Å². The second kappa shape index (κ2) is 6.74. The van der Waals surface area contributed by atoms with Gasteiger partial charge in [0, 0.05) is 6.61 Å². The van der Waals surface area contributed by atoms with Crippen molar-refractivity contribution in [2.75, 3.05) is 13.2 Å². The van der Waals surface area contributed by atoms with Gasteiger partial charge in [0.1, 0.15) is 6.61 Å². The fourth-order valence-electron chi connectivity index (χ4n) is 1.13. The zero-order valence-electron chi connectivity index (χ0n) is 8.49. The quantitative estimate of drug-likeness (QED) is 0.512. The zero-order valence-corrected chi connectivity index (χ0v) is 9.31. The van der Waals surface area contributed by atoms with Crippen LogP contribution in [0.3, 0.4) is 0 Å². The van der Waals surface area contributed by atoms with Gasteiger partial charge >= 0.3 is 0 Å². The maximum Gasteiger partial charge on any atom is 0.198 e. The molecule has 0 amide bonds. The van der Waals surface area contributed by atoms with Gasteiger partial charge < -0.3 is 4.74 Å². The molecule has 3 heteroatoms. The first-order valence-corrected chi connectivity index (χ1v) is 5.87. The molecule has 1 rings (SSSR count). The molecule has 0 saturated heterocycles. The average molecular weight is 212 g/mol. The van der Waals surface area contributed by atoms with Gasteiger partial charge in [-0.3, -0.25) is 4.79 Å². The fraction of sp³-hybridized carbons (Fsp3) is 0.545. The van der Waals surface area contributed by atoms with Gasteiger partial charge in [-0.1, -0.05) is 25.8 Å². The van der Waals surface area contributed by atoms with Crippen molar-refractivity contribution in [3.05, 3.63) is 22.4 Å². The molecular formula is C11H16O2S. The molecule has 0 radical (unpaired) electrons. The first-order chi connectivity index (χ1) is 6.84. The Morgan fingerprint density at radius 2 is 2.36 bits per heavy atom. The maximum absolute atomic E-state index is 11.4. The summed E-state index contributed by atoms with van der Waals surface area (Å²) in [6.07, 6.45) is 3.41. The number of Topliss-reactive ketones (excluding diaryl/α,β-unsaturated/α-hetero) is 1. The lowest BCUT2D eigenvalue weighted by Gasteiger charge is -2.01. The number of hydrogen-bond donors (Lipinski definition) is 0. The van der Waals surface area contributed by atoms with E-state index in [-0.39, 0.29) is 12.4 Å². The molecule has 0 aliphatic heterocycles. The molecule has 0 N–H and O–H groups in total. The Hall–Kier alpha value is -0.670. The number of unbranched alkanes of at least 4 members (excludes halogenated alkanes) is 2. The molecule has 0 atom stereocenters. The van der Waals surface area contributed by atoms with Gasteiger partial charge in [0.15, 0.2) is 5.78 Å². The fourth-order valence-corrected chi connectivity index (χ4v) is 1.78. The molecule has 78 valence electrons.